The van der Waals surface area contributed by atoms with Crippen LogP contribution in [0, 0.1) is 0 Å². The van der Waals surface area contributed by atoms with Gasteiger partial charge < -0.3 is 25.3 Å². The van der Waals surface area contributed by atoms with E-state index >= 15 is 0 Å². The van der Waals surface area contributed by atoms with E-state index in [0.717, 1.165) is 21.9 Å². The molecule has 0 aliphatic carbocycles. The summed E-state index contributed by atoms with van der Waals surface area (Å²) in [5.41, 5.74) is 6.39. The highest BCUT2D eigenvalue weighted by Gasteiger charge is 2.28. The van der Waals surface area contributed by atoms with E-state index in [-0.39, 0.29) is 38.7 Å². The molecule has 3 aromatic rings. The Morgan fingerprint density at radius 3 is 2.24 bits per heavy atom. The number of carbonyl (C=O) groups excluding carboxylic acids is 4. The zero-order valence-corrected chi connectivity index (χ0v) is 23.8. The number of nitrogens with one attached hydrogen (secondary N) is 1. The highest BCUT2D eigenvalue weighted by molar-refractivity contribution is 5.84. The first-order chi connectivity index (χ1) is 19.5. The molecule has 0 aliphatic heterocycles. The smallest absolute Gasteiger partial charge is 0.408 e. The molecule has 3 aromatic carbocycles. The molecular weight excluding hydrogens is 524 g/mol. The van der Waals surface area contributed by atoms with E-state index in [9.17, 15) is 19.2 Å². The highest BCUT2D eigenvalue weighted by atomic mass is 16.6. The minimum Gasteiger partial charge on any atom is -0.461 e. The first-order valence-electron chi connectivity index (χ1n) is 13.6. The average Bonchev–Trinajstić information content (AvgIpc) is 2.90. The van der Waals surface area contributed by atoms with Crippen LogP contribution in [0.3, 0.4) is 0 Å². The minimum absolute atomic E-state index is 0.0361. The van der Waals surface area contributed by atoms with Gasteiger partial charge in [-0.25, -0.2) is 9.59 Å². The quantitative estimate of drug-likeness (QED) is 0.222. The molecule has 3 N–H and O–H groups in total. The van der Waals surface area contributed by atoms with Crippen LogP contribution in [0.5, 0.6) is 0 Å². The van der Waals surface area contributed by atoms with Crippen LogP contribution in [0.2, 0.25) is 0 Å². The Kier molecular flexibility index (Phi) is 11.3. The molecule has 0 saturated heterocycles. The largest absolute Gasteiger partial charge is 0.461 e. The van der Waals surface area contributed by atoms with Crippen LogP contribution in [0.4, 0.5) is 4.79 Å². The van der Waals surface area contributed by atoms with Gasteiger partial charge in [0.1, 0.15) is 24.4 Å². The number of nitrogens with two attached hydrogens (primary N) is 1. The fourth-order valence-electron chi connectivity index (χ4n) is 4.21. The van der Waals surface area contributed by atoms with Crippen LogP contribution >= 0.6 is 0 Å². The van der Waals surface area contributed by atoms with E-state index in [1.54, 1.807) is 20.8 Å². The van der Waals surface area contributed by atoms with Crippen molar-refractivity contribution in [2.24, 2.45) is 5.73 Å². The van der Waals surface area contributed by atoms with Crippen molar-refractivity contribution < 1.29 is 33.4 Å². The molecule has 0 unspecified atom stereocenters. The molecule has 2 amide bonds. The SMILES string of the molecule is CC(C)(C)OC(=O)N[C@@H](CCCC(=O)OCc1ccccc1)C(=O)O[C@H](CC(N)=O)Cc1ccc2ccccc2c1. The van der Waals surface area contributed by atoms with Gasteiger partial charge in [-0.05, 0) is 55.5 Å². The van der Waals surface area contributed by atoms with Gasteiger partial charge in [-0.15, -0.1) is 0 Å². The van der Waals surface area contributed by atoms with Crippen LogP contribution in [0.1, 0.15) is 57.6 Å². The van der Waals surface area contributed by atoms with E-state index in [1.807, 2.05) is 72.8 Å². The maximum atomic E-state index is 13.3. The Morgan fingerprint density at radius 2 is 1.56 bits per heavy atom. The Labute approximate surface area is 240 Å². The first kappa shape index (κ1) is 31.1. The summed E-state index contributed by atoms with van der Waals surface area (Å²) in [5.74, 6) is -1.80. The van der Waals surface area contributed by atoms with Crippen molar-refractivity contribution in [3.63, 3.8) is 0 Å². The molecular formula is C32H38N2O7. The van der Waals surface area contributed by atoms with Crippen molar-refractivity contribution in [1.29, 1.82) is 0 Å². The minimum atomic E-state index is -1.11. The summed E-state index contributed by atoms with van der Waals surface area (Å²) < 4.78 is 16.3. The van der Waals surface area contributed by atoms with Gasteiger partial charge in [-0.2, -0.15) is 0 Å². The number of alkyl carbamates (subject to hydrolysis) is 1. The summed E-state index contributed by atoms with van der Waals surface area (Å²) in [7, 11) is 0. The van der Waals surface area contributed by atoms with E-state index < -0.39 is 41.7 Å². The lowest BCUT2D eigenvalue weighted by Crippen LogP contribution is -2.45. The van der Waals surface area contributed by atoms with Crippen LogP contribution in [-0.4, -0.2) is 41.7 Å². The molecule has 3 rings (SSSR count). The lowest BCUT2D eigenvalue weighted by molar-refractivity contribution is -0.153. The van der Waals surface area contributed by atoms with Crippen LogP contribution < -0.4 is 11.1 Å². The number of ether oxygens (including phenoxy) is 3. The Hall–Kier alpha value is -4.40. The zero-order chi connectivity index (χ0) is 29.8. The third-order valence-electron chi connectivity index (χ3n) is 6.08. The van der Waals surface area contributed by atoms with Gasteiger partial charge in [0.25, 0.3) is 0 Å². The zero-order valence-electron chi connectivity index (χ0n) is 23.8. The van der Waals surface area contributed by atoms with Crippen LogP contribution in [0.15, 0.2) is 72.8 Å². The molecule has 41 heavy (non-hydrogen) atoms. The molecule has 0 heterocycles. The number of benzene rings is 3. The Morgan fingerprint density at radius 1 is 0.878 bits per heavy atom. The highest BCUT2D eigenvalue weighted by Crippen LogP contribution is 2.19. The molecule has 218 valence electrons. The van der Waals surface area contributed by atoms with Crippen molar-refractivity contribution in [1.82, 2.24) is 5.32 Å². The lowest BCUT2D eigenvalue weighted by Gasteiger charge is -2.25. The summed E-state index contributed by atoms with van der Waals surface area (Å²) in [6.45, 7) is 5.25. The monoisotopic (exact) mass is 562 g/mol. The second kappa shape index (κ2) is 14.8. The van der Waals surface area contributed by atoms with Crippen molar-refractivity contribution in [2.45, 2.75) is 77.2 Å². The second-order valence-corrected chi connectivity index (χ2v) is 10.9. The molecule has 0 fully saturated rings. The number of hydrogen-bond donors (Lipinski definition) is 2. The molecule has 0 aliphatic rings. The van der Waals surface area contributed by atoms with Crippen LogP contribution in [0.25, 0.3) is 10.8 Å². The second-order valence-electron chi connectivity index (χ2n) is 10.9. The van der Waals surface area contributed by atoms with Crippen molar-refractivity contribution >= 4 is 34.7 Å². The van der Waals surface area contributed by atoms with Crippen molar-refractivity contribution in [3.8, 4) is 0 Å². The molecule has 0 radical (unpaired) electrons. The van der Waals surface area contributed by atoms with E-state index in [0.29, 0.717) is 0 Å². The van der Waals surface area contributed by atoms with Gasteiger partial charge in [0.2, 0.25) is 5.91 Å². The Balaban J connectivity index is 1.65. The first-order valence-corrected chi connectivity index (χ1v) is 13.6. The summed E-state index contributed by atoms with van der Waals surface area (Å²) in [4.78, 5) is 49.8. The van der Waals surface area contributed by atoms with Crippen molar-refractivity contribution in [3.05, 3.63) is 83.9 Å². The maximum Gasteiger partial charge on any atom is 0.408 e. The van der Waals surface area contributed by atoms with Gasteiger partial charge in [0.15, 0.2) is 0 Å². The third kappa shape index (κ3) is 11.3. The molecule has 2 atom stereocenters. The normalized spacial score (nSPS) is 12.7. The van der Waals surface area contributed by atoms with Gasteiger partial charge in [0.05, 0.1) is 6.42 Å². The molecule has 9 nitrogen and oxygen atoms in total. The molecule has 0 spiro atoms. The average molecular weight is 563 g/mol. The number of amides is 2. The van der Waals surface area contributed by atoms with E-state index in [4.69, 9.17) is 19.9 Å². The third-order valence-corrected chi connectivity index (χ3v) is 6.08. The predicted octanol–water partition coefficient (Wildman–Crippen LogP) is 4.98. The van der Waals surface area contributed by atoms with Crippen molar-refractivity contribution in [2.75, 3.05) is 0 Å². The topological polar surface area (TPSA) is 134 Å². The lowest BCUT2D eigenvalue weighted by atomic mass is 10.0. The fourth-order valence-corrected chi connectivity index (χ4v) is 4.21. The van der Waals surface area contributed by atoms with Gasteiger partial charge in [-0.3, -0.25) is 9.59 Å². The number of primary amides is 1. The maximum absolute atomic E-state index is 13.3. The molecule has 0 bridgehead atoms. The van der Waals surface area contributed by atoms with E-state index in [2.05, 4.69) is 5.32 Å². The number of carbonyl (C=O) groups is 4. The fraction of sp³-hybridized carbons (Fsp3) is 0.375. The van der Waals surface area contributed by atoms with Gasteiger partial charge in [0, 0.05) is 12.8 Å². The van der Waals surface area contributed by atoms with E-state index in [1.165, 1.54) is 0 Å². The summed E-state index contributed by atoms with van der Waals surface area (Å²) >= 11 is 0. The van der Waals surface area contributed by atoms with Gasteiger partial charge >= 0.3 is 18.0 Å². The number of esters is 2. The molecule has 0 saturated carbocycles. The number of fused-ring (bicyclic) bond motifs is 1. The predicted molar refractivity (Wildman–Crippen MR) is 155 cm³/mol. The summed E-state index contributed by atoms with van der Waals surface area (Å²) in [6.07, 6.45) is -1.21. The van der Waals surface area contributed by atoms with Gasteiger partial charge in [-0.1, -0.05) is 72.8 Å². The Bertz CT molecular complexity index is 1330. The number of rotatable bonds is 13. The summed E-state index contributed by atoms with van der Waals surface area (Å²) in [6, 6.07) is 21.8. The molecule has 9 heteroatoms. The van der Waals surface area contributed by atoms with Crippen LogP contribution in [-0.2, 0) is 41.6 Å². The molecule has 0 aromatic heterocycles. The summed E-state index contributed by atoms with van der Waals surface area (Å²) in [5, 5.41) is 4.62. The number of hydrogen-bond acceptors (Lipinski definition) is 7. The standard InChI is InChI=1S/C32H38N2O7/c1-32(2,3)41-31(38)34-27(14-9-15-29(36)39-21-22-10-5-4-6-11-22)30(37)40-26(20-28(33)35)19-23-16-17-24-12-7-8-13-25(24)18-23/h4-8,10-13,16-18,26-27H,9,14-15,19-21H2,1-3H3,(H2,33,35)(H,34,38)/t26-,27-/m0/s1.